The molecule has 2 amide bonds. The summed E-state index contributed by atoms with van der Waals surface area (Å²) in [6.07, 6.45) is 3.35. The van der Waals surface area contributed by atoms with Gasteiger partial charge in [-0.2, -0.15) is 0 Å². The number of ether oxygens (including phenoxy) is 3. The molecule has 0 atom stereocenters. The van der Waals surface area contributed by atoms with E-state index >= 15 is 0 Å². The molecule has 0 bridgehead atoms. The Balaban J connectivity index is 1.55. The number of likely N-dealkylation sites (tertiary alicyclic amines) is 1. The number of rotatable bonds is 9. The first-order chi connectivity index (χ1) is 15.9. The van der Waals surface area contributed by atoms with Crippen molar-refractivity contribution in [1.82, 2.24) is 4.90 Å². The molecule has 1 aliphatic rings. The van der Waals surface area contributed by atoms with Crippen molar-refractivity contribution in [2.24, 2.45) is 5.92 Å². The summed E-state index contributed by atoms with van der Waals surface area (Å²) in [6, 6.07) is 10.9. The zero-order chi connectivity index (χ0) is 23.8. The lowest BCUT2D eigenvalue weighted by molar-refractivity contribution is -0.121. The predicted molar refractivity (Wildman–Crippen MR) is 128 cm³/mol. The SMILES string of the molecule is CCCCOc1ccc(NC(=O)C2CCN(C(=O)c3cc(OC)cc(OC)c3)CC2)c(C)c1. The summed E-state index contributed by atoms with van der Waals surface area (Å²) in [5, 5.41) is 3.05. The van der Waals surface area contributed by atoms with E-state index < -0.39 is 0 Å². The third-order valence-electron chi connectivity index (χ3n) is 5.97. The van der Waals surface area contributed by atoms with Crippen molar-refractivity contribution in [1.29, 1.82) is 0 Å². The number of piperidine rings is 1. The molecule has 3 rings (SSSR count). The second-order valence-electron chi connectivity index (χ2n) is 8.34. The average molecular weight is 455 g/mol. The fourth-order valence-corrected chi connectivity index (χ4v) is 3.89. The van der Waals surface area contributed by atoms with E-state index in [0.717, 1.165) is 29.8 Å². The summed E-state index contributed by atoms with van der Waals surface area (Å²) in [5.74, 6) is 1.75. The molecule has 2 aromatic rings. The Kier molecular flexibility index (Phi) is 8.58. The van der Waals surface area contributed by atoms with Gasteiger partial charge in [0.1, 0.15) is 17.2 Å². The molecule has 0 radical (unpaired) electrons. The Labute approximate surface area is 196 Å². The number of benzene rings is 2. The Bertz CT molecular complexity index is 945. The highest BCUT2D eigenvalue weighted by molar-refractivity contribution is 5.96. The summed E-state index contributed by atoms with van der Waals surface area (Å²) in [6.45, 7) is 5.84. The maximum atomic E-state index is 13.0. The quantitative estimate of drug-likeness (QED) is 0.557. The van der Waals surface area contributed by atoms with E-state index in [2.05, 4.69) is 12.2 Å². The summed E-state index contributed by atoms with van der Waals surface area (Å²) in [7, 11) is 3.11. The van der Waals surface area contributed by atoms with E-state index in [9.17, 15) is 9.59 Å². The number of methoxy groups -OCH3 is 2. The standard InChI is InChI=1S/C26H34N2O5/c1-5-6-13-33-21-7-8-24(18(2)14-21)27-25(29)19-9-11-28(12-10-19)26(30)20-15-22(31-3)17-23(16-20)32-4/h7-8,14-17,19H,5-6,9-13H2,1-4H3,(H,27,29). The minimum Gasteiger partial charge on any atom is -0.497 e. The van der Waals surface area contributed by atoms with Gasteiger partial charge in [-0.25, -0.2) is 0 Å². The summed E-state index contributed by atoms with van der Waals surface area (Å²) in [4.78, 5) is 27.6. The second-order valence-corrected chi connectivity index (χ2v) is 8.34. The maximum absolute atomic E-state index is 13.0. The van der Waals surface area contributed by atoms with Gasteiger partial charge in [0.2, 0.25) is 5.91 Å². The van der Waals surface area contributed by atoms with Gasteiger partial charge in [-0.3, -0.25) is 9.59 Å². The largest absolute Gasteiger partial charge is 0.497 e. The van der Waals surface area contributed by atoms with Gasteiger partial charge >= 0.3 is 0 Å². The summed E-state index contributed by atoms with van der Waals surface area (Å²) in [5.41, 5.74) is 2.28. The highest BCUT2D eigenvalue weighted by atomic mass is 16.5. The molecular formula is C26H34N2O5. The van der Waals surface area contributed by atoms with Gasteiger partial charge in [0.25, 0.3) is 5.91 Å². The van der Waals surface area contributed by atoms with Crippen LogP contribution in [0.15, 0.2) is 36.4 Å². The first-order valence-electron chi connectivity index (χ1n) is 11.5. The highest BCUT2D eigenvalue weighted by Crippen LogP contribution is 2.27. The van der Waals surface area contributed by atoms with Crippen LogP contribution in [0.1, 0.15) is 48.5 Å². The molecule has 33 heavy (non-hydrogen) atoms. The Morgan fingerprint density at radius 2 is 1.67 bits per heavy atom. The van der Waals surface area contributed by atoms with Crippen LogP contribution in [0.5, 0.6) is 17.2 Å². The molecule has 178 valence electrons. The highest BCUT2D eigenvalue weighted by Gasteiger charge is 2.28. The number of unbranched alkanes of at least 4 members (excludes halogenated alkanes) is 1. The number of nitrogens with one attached hydrogen (secondary N) is 1. The third-order valence-corrected chi connectivity index (χ3v) is 5.97. The number of nitrogens with zero attached hydrogens (tertiary/aromatic N) is 1. The number of carbonyl (C=O) groups is 2. The number of hydrogen-bond acceptors (Lipinski definition) is 5. The molecular weight excluding hydrogens is 420 g/mol. The lowest BCUT2D eigenvalue weighted by atomic mass is 9.95. The van der Waals surface area contributed by atoms with Crippen LogP contribution in [0, 0.1) is 12.8 Å². The maximum Gasteiger partial charge on any atom is 0.254 e. The molecule has 1 fully saturated rings. The van der Waals surface area contributed by atoms with Crippen LogP contribution < -0.4 is 19.5 Å². The first-order valence-corrected chi connectivity index (χ1v) is 11.5. The van der Waals surface area contributed by atoms with Gasteiger partial charge < -0.3 is 24.4 Å². The van der Waals surface area contributed by atoms with Crippen LogP contribution in [0.3, 0.4) is 0 Å². The van der Waals surface area contributed by atoms with Gasteiger partial charge in [-0.1, -0.05) is 13.3 Å². The third kappa shape index (κ3) is 6.40. The predicted octanol–water partition coefficient (Wildman–Crippen LogP) is 4.68. The molecule has 0 unspecified atom stereocenters. The average Bonchev–Trinajstić information content (AvgIpc) is 2.85. The number of aryl methyl sites for hydroxylation is 1. The number of amides is 2. The molecule has 0 spiro atoms. The monoisotopic (exact) mass is 454 g/mol. The van der Waals surface area contributed by atoms with Crippen molar-refractivity contribution < 1.29 is 23.8 Å². The van der Waals surface area contributed by atoms with E-state index in [-0.39, 0.29) is 17.7 Å². The van der Waals surface area contributed by atoms with Crippen LogP contribution >= 0.6 is 0 Å². The lowest BCUT2D eigenvalue weighted by Gasteiger charge is -2.31. The van der Waals surface area contributed by atoms with Gasteiger partial charge in [0, 0.05) is 36.3 Å². The second kappa shape index (κ2) is 11.6. The van der Waals surface area contributed by atoms with Crippen LogP contribution in [-0.2, 0) is 4.79 Å². The number of anilines is 1. The minimum absolute atomic E-state index is 0.00657. The smallest absolute Gasteiger partial charge is 0.254 e. The van der Waals surface area contributed by atoms with Crippen molar-refractivity contribution in [3.8, 4) is 17.2 Å². The molecule has 0 aliphatic carbocycles. The molecule has 7 nitrogen and oxygen atoms in total. The Morgan fingerprint density at radius 1 is 1.00 bits per heavy atom. The fourth-order valence-electron chi connectivity index (χ4n) is 3.89. The van der Waals surface area contributed by atoms with Crippen LogP contribution in [0.2, 0.25) is 0 Å². The van der Waals surface area contributed by atoms with Crippen LogP contribution in [-0.4, -0.2) is 50.6 Å². The van der Waals surface area contributed by atoms with E-state index in [1.54, 1.807) is 37.3 Å². The zero-order valence-corrected chi connectivity index (χ0v) is 20.0. The summed E-state index contributed by atoms with van der Waals surface area (Å²) < 4.78 is 16.3. The minimum atomic E-state index is -0.131. The number of hydrogen-bond donors (Lipinski definition) is 1. The van der Waals surface area contributed by atoms with Crippen molar-refractivity contribution in [2.45, 2.75) is 39.5 Å². The van der Waals surface area contributed by atoms with Crippen LogP contribution in [0.25, 0.3) is 0 Å². The van der Waals surface area contributed by atoms with E-state index in [1.807, 2.05) is 25.1 Å². The topological polar surface area (TPSA) is 77.1 Å². The molecule has 1 aliphatic heterocycles. The zero-order valence-electron chi connectivity index (χ0n) is 20.0. The molecule has 7 heteroatoms. The fraction of sp³-hybridized carbons (Fsp3) is 0.462. The van der Waals surface area contributed by atoms with E-state index in [4.69, 9.17) is 14.2 Å². The van der Waals surface area contributed by atoms with E-state index in [0.29, 0.717) is 49.6 Å². The normalized spacial score (nSPS) is 14.0. The van der Waals surface area contributed by atoms with Crippen molar-refractivity contribution in [3.63, 3.8) is 0 Å². The van der Waals surface area contributed by atoms with Gasteiger partial charge in [-0.05, 0) is 62.1 Å². The molecule has 1 N–H and O–H groups in total. The molecule has 1 heterocycles. The van der Waals surface area contributed by atoms with E-state index in [1.165, 1.54) is 0 Å². The van der Waals surface area contributed by atoms with Gasteiger partial charge in [0.05, 0.1) is 20.8 Å². The number of carbonyl (C=O) groups excluding carboxylic acids is 2. The molecule has 0 aromatic heterocycles. The van der Waals surface area contributed by atoms with Crippen LogP contribution in [0.4, 0.5) is 5.69 Å². The molecule has 1 saturated heterocycles. The lowest BCUT2D eigenvalue weighted by Crippen LogP contribution is -2.41. The molecule has 0 saturated carbocycles. The summed E-state index contributed by atoms with van der Waals surface area (Å²) >= 11 is 0. The Hall–Kier alpha value is -3.22. The van der Waals surface area contributed by atoms with Crippen molar-refractivity contribution in [3.05, 3.63) is 47.5 Å². The Morgan fingerprint density at radius 3 is 2.24 bits per heavy atom. The van der Waals surface area contributed by atoms with Crippen molar-refractivity contribution in [2.75, 3.05) is 39.2 Å². The van der Waals surface area contributed by atoms with Gasteiger partial charge in [-0.15, -0.1) is 0 Å². The first kappa shape index (κ1) is 24.4. The molecule has 2 aromatic carbocycles. The van der Waals surface area contributed by atoms with Crippen molar-refractivity contribution >= 4 is 17.5 Å². The van der Waals surface area contributed by atoms with Gasteiger partial charge in [0.15, 0.2) is 0 Å².